The Hall–Kier alpha value is -2.25. The zero-order valence-electron chi connectivity index (χ0n) is 12.9. The quantitative estimate of drug-likeness (QED) is 0.837. The molecule has 3 rings (SSSR count). The minimum Gasteiger partial charge on any atom is -0.503 e. The van der Waals surface area contributed by atoms with Crippen LogP contribution in [0.5, 0.6) is 5.75 Å². The van der Waals surface area contributed by atoms with Gasteiger partial charge in [-0.2, -0.15) is 4.39 Å². The van der Waals surface area contributed by atoms with Gasteiger partial charge in [0, 0.05) is 32.1 Å². The predicted molar refractivity (Wildman–Crippen MR) is 77.9 cm³/mol. The number of carbonyl (C=O) groups excluding carboxylic acids is 2. The monoisotopic (exact) mass is 342 g/mol. The first-order valence-corrected chi connectivity index (χ1v) is 7.85. The summed E-state index contributed by atoms with van der Waals surface area (Å²) in [4.78, 5) is 27.3. The van der Waals surface area contributed by atoms with E-state index in [9.17, 15) is 27.9 Å². The third-order valence-corrected chi connectivity index (χ3v) is 4.60. The topological polar surface area (TPSA) is 60.9 Å². The zero-order chi connectivity index (χ0) is 17.4. The zero-order valence-corrected chi connectivity index (χ0v) is 12.9. The SMILES string of the molecule is O=C(c1cc(F)c(F)c(O)c1F)N1CCC[C@@H](N2CCCC2=O)C1. The van der Waals surface area contributed by atoms with E-state index in [4.69, 9.17) is 0 Å². The smallest absolute Gasteiger partial charge is 0.257 e. The molecule has 2 aliphatic rings. The van der Waals surface area contributed by atoms with Crippen LogP contribution in [0.15, 0.2) is 6.07 Å². The summed E-state index contributed by atoms with van der Waals surface area (Å²) in [5.74, 6) is -6.97. The Morgan fingerprint density at radius 3 is 2.58 bits per heavy atom. The molecule has 0 aliphatic carbocycles. The molecule has 0 spiro atoms. The molecule has 1 aromatic rings. The van der Waals surface area contributed by atoms with Gasteiger partial charge in [0.1, 0.15) is 0 Å². The number of hydrogen-bond donors (Lipinski definition) is 1. The number of benzene rings is 1. The van der Waals surface area contributed by atoms with Crippen molar-refractivity contribution in [1.29, 1.82) is 0 Å². The van der Waals surface area contributed by atoms with Crippen molar-refractivity contribution in [3.63, 3.8) is 0 Å². The van der Waals surface area contributed by atoms with Gasteiger partial charge in [-0.3, -0.25) is 9.59 Å². The number of rotatable bonds is 2. The highest BCUT2D eigenvalue weighted by molar-refractivity contribution is 5.95. The maximum absolute atomic E-state index is 13.9. The van der Waals surface area contributed by atoms with Crippen LogP contribution in [0, 0.1) is 17.5 Å². The molecule has 2 aliphatic heterocycles. The number of halogens is 3. The standard InChI is InChI=1S/C16H17F3N2O3/c17-11-7-10(13(18)15(23)14(11)19)16(24)20-5-1-3-9(8-20)21-6-2-4-12(21)22/h7,9,23H,1-6,8H2/t9-/m1/s1. The van der Waals surface area contributed by atoms with E-state index in [2.05, 4.69) is 0 Å². The number of amides is 2. The van der Waals surface area contributed by atoms with Gasteiger partial charge >= 0.3 is 0 Å². The molecule has 0 bridgehead atoms. The minimum atomic E-state index is -1.72. The third kappa shape index (κ3) is 2.81. The second-order valence-electron chi connectivity index (χ2n) is 6.12. The molecule has 2 fully saturated rings. The van der Waals surface area contributed by atoms with Gasteiger partial charge < -0.3 is 14.9 Å². The average Bonchev–Trinajstić information content (AvgIpc) is 3.02. The maximum Gasteiger partial charge on any atom is 0.257 e. The van der Waals surface area contributed by atoms with E-state index >= 15 is 0 Å². The van der Waals surface area contributed by atoms with E-state index in [1.807, 2.05) is 0 Å². The van der Waals surface area contributed by atoms with Crippen molar-refractivity contribution in [3.05, 3.63) is 29.1 Å². The summed E-state index contributed by atoms with van der Waals surface area (Å²) in [6, 6.07) is 0.303. The van der Waals surface area contributed by atoms with Crippen LogP contribution in [-0.4, -0.2) is 52.4 Å². The van der Waals surface area contributed by atoms with Crippen LogP contribution in [0.3, 0.4) is 0 Å². The van der Waals surface area contributed by atoms with Crippen molar-refractivity contribution in [2.75, 3.05) is 19.6 Å². The summed E-state index contributed by atoms with van der Waals surface area (Å²) in [6.07, 6.45) is 2.61. The van der Waals surface area contributed by atoms with Crippen molar-refractivity contribution in [2.24, 2.45) is 0 Å². The molecule has 0 saturated carbocycles. The molecule has 130 valence electrons. The van der Waals surface area contributed by atoms with E-state index in [0.717, 1.165) is 12.8 Å². The molecule has 0 radical (unpaired) electrons. The van der Waals surface area contributed by atoms with Crippen LogP contribution in [0.4, 0.5) is 13.2 Å². The summed E-state index contributed by atoms with van der Waals surface area (Å²) in [5, 5.41) is 9.26. The first kappa shape index (κ1) is 16.6. The second kappa shape index (κ2) is 6.33. The van der Waals surface area contributed by atoms with Gasteiger partial charge in [-0.05, 0) is 25.3 Å². The predicted octanol–water partition coefficient (Wildman–Crippen LogP) is 2.04. The number of phenolic OH excluding ortho intramolecular Hbond substituents is 1. The van der Waals surface area contributed by atoms with E-state index in [1.165, 1.54) is 4.90 Å². The Balaban J connectivity index is 1.81. The van der Waals surface area contributed by atoms with Crippen molar-refractivity contribution in [1.82, 2.24) is 9.80 Å². The van der Waals surface area contributed by atoms with Crippen molar-refractivity contribution in [3.8, 4) is 5.75 Å². The molecule has 0 aromatic heterocycles. The molecule has 2 saturated heterocycles. The summed E-state index contributed by atoms with van der Waals surface area (Å²) in [6.45, 7) is 1.17. The highest BCUT2D eigenvalue weighted by Crippen LogP contribution is 2.28. The number of likely N-dealkylation sites (tertiary alicyclic amines) is 2. The third-order valence-electron chi connectivity index (χ3n) is 4.60. The normalized spacial score (nSPS) is 21.5. The van der Waals surface area contributed by atoms with E-state index in [-0.39, 0.29) is 18.5 Å². The van der Waals surface area contributed by atoms with Crippen LogP contribution in [0.2, 0.25) is 0 Å². The lowest BCUT2D eigenvalue weighted by molar-refractivity contribution is -0.130. The van der Waals surface area contributed by atoms with Crippen molar-refractivity contribution >= 4 is 11.8 Å². The number of hydrogen-bond acceptors (Lipinski definition) is 3. The molecule has 24 heavy (non-hydrogen) atoms. The van der Waals surface area contributed by atoms with Crippen molar-refractivity contribution < 1.29 is 27.9 Å². The Labute approximate surface area is 136 Å². The van der Waals surface area contributed by atoms with E-state index < -0.39 is 34.7 Å². The van der Waals surface area contributed by atoms with E-state index in [0.29, 0.717) is 32.0 Å². The molecule has 2 amide bonds. The summed E-state index contributed by atoms with van der Waals surface area (Å²) < 4.78 is 40.5. The van der Waals surface area contributed by atoms with Crippen LogP contribution in [0.25, 0.3) is 0 Å². The van der Waals surface area contributed by atoms with Gasteiger partial charge in [0.15, 0.2) is 17.4 Å². The summed E-state index contributed by atoms with van der Waals surface area (Å²) in [5.41, 5.74) is -0.709. The Bertz CT molecular complexity index is 696. The fourth-order valence-corrected chi connectivity index (χ4v) is 3.37. The number of phenols is 1. The molecule has 2 heterocycles. The molecular formula is C16H17F3N2O3. The van der Waals surface area contributed by atoms with Gasteiger partial charge in [0.05, 0.1) is 5.56 Å². The van der Waals surface area contributed by atoms with Gasteiger partial charge in [-0.15, -0.1) is 0 Å². The van der Waals surface area contributed by atoms with Crippen molar-refractivity contribution in [2.45, 2.75) is 31.7 Å². The Morgan fingerprint density at radius 1 is 1.17 bits per heavy atom. The molecule has 1 aromatic carbocycles. The minimum absolute atomic E-state index is 0.0333. The fraction of sp³-hybridized carbons (Fsp3) is 0.500. The van der Waals surface area contributed by atoms with Crippen LogP contribution < -0.4 is 0 Å². The van der Waals surface area contributed by atoms with E-state index in [1.54, 1.807) is 4.90 Å². The molecule has 8 heteroatoms. The summed E-state index contributed by atoms with van der Waals surface area (Å²) >= 11 is 0. The Morgan fingerprint density at radius 2 is 1.92 bits per heavy atom. The van der Waals surface area contributed by atoms with Gasteiger partial charge in [0.25, 0.3) is 5.91 Å². The van der Waals surface area contributed by atoms with Crippen LogP contribution >= 0.6 is 0 Å². The maximum atomic E-state index is 13.9. The first-order chi connectivity index (χ1) is 11.4. The van der Waals surface area contributed by atoms with Crippen LogP contribution in [0.1, 0.15) is 36.0 Å². The number of aromatic hydroxyl groups is 1. The van der Waals surface area contributed by atoms with Gasteiger partial charge in [-0.25, -0.2) is 8.78 Å². The molecular weight excluding hydrogens is 325 g/mol. The van der Waals surface area contributed by atoms with Gasteiger partial charge in [-0.1, -0.05) is 0 Å². The van der Waals surface area contributed by atoms with Crippen LogP contribution in [-0.2, 0) is 4.79 Å². The lowest BCUT2D eigenvalue weighted by Crippen LogP contribution is -2.50. The Kier molecular flexibility index (Phi) is 4.38. The highest BCUT2D eigenvalue weighted by atomic mass is 19.2. The number of piperidine rings is 1. The number of carbonyl (C=O) groups is 2. The lowest BCUT2D eigenvalue weighted by atomic mass is 10.0. The summed E-state index contributed by atoms with van der Waals surface area (Å²) in [7, 11) is 0. The second-order valence-corrected chi connectivity index (χ2v) is 6.12. The van der Waals surface area contributed by atoms with Gasteiger partial charge in [0.2, 0.25) is 11.7 Å². The average molecular weight is 342 g/mol. The molecule has 5 nitrogen and oxygen atoms in total. The fourth-order valence-electron chi connectivity index (χ4n) is 3.37. The molecule has 1 N–H and O–H groups in total. The number of nitrogens with zero attached hydrogens (tertiary/aromatic N) is 2. The molecule has 0 unspecified atom stereocenters. The first-order valence-electron chi connectivity index (χ1n) is 7.85. The molecule has 1 atom stereocenters. The largest absolute Gasteiger partial charge is 0.503 e. The highest BCUT2D eigenvalue weighted by Gasteiger charge is 2.34. The lowest BCUT2D eigenvalue weighted by Gasteiger charge is -2.37.